The monoisotopic (exact) mass is 314 g/mol. The number of amides is 4. The Balaban J connectivity index is 2.30. The van der Waals surface area contributed by atoms with Gasteiger partial charge in [0.2, 0.25) is 0 Å². The lowest BCUT2D eigenvalue weighted by molar-refractivity contribution is -0.143. The molecule has 0 N–H and O–H groups in total. The van der Waals surface area contributed by atoms with Crippen molar-refractivity contribution in [1.29, 1.82) is 0 Å². The molecule has 0 aliphatic carbocycles. The van der Waals surface area contributed by atoms with Crippen LogP contribution in [0, 0.1) is 5.82 Å². The third-order valence-corrected chi connectivity index (χ3v) is 3.50. The lowest BCUT2D eigenvalue weighted by atomic mass is 10.2. The van der Waals surface area contributed by atoms with Crippen molar-refractivity contribution in [2.24, 2.45) is 0 Å². The molecular formula is C11H8BrFN2O3. The third-order valence-electron chi connectivity index (χ3n) is 2.61. The van der Waals surface area contributed by atoms with Crippen LogP contribution in [0.3, 0.4) is 0 Å². The van der Waals surface area contributed by atoms with E-state index in [2.05, 4.69) is 15.9 Å². The molecule has 1 saturated heterocycles. The average molecular weight is 315 g/mol. The van der Waals surface area contributed by atoms with Crippen LogP contribution >= 0.6 is 15.9 Å². The Morgan fingerprint density at radius 2 is 1.89 bits per heavy atom. The summed E-state index contributed by atoms with van der Waals surface area (Å²) in [5, 5.41) is 0. The zero-order valence-corrected chi connectivity index (χ0v) is 10.9. The number of halogens is 2. The number of carbonyl (C=O) groups excluding carboxylic acids is 3. The Morgan fingerprint density at radius 3 is 2.44 bits per heavy atom. The van der Waals surface area contributed by atoms with Crippen LogP contribution in [0.1, 0.15) is 5.56 Å². The molecule has 1 heterocycles. The fourth-order valence-corrected chi connectivity index (χ4v) is 1.98. The van der Waals surface area contributed by atoms with E-state index in [4.69, 9.17) is 0 Å². The van der Waals surface area contributed by atoms with Gasteiger partial charge in [-0.3, -0.25) is 19.4 Å². The van der Waals surface area contributed by atoms with Gasteiger partial charge in [-0.15, -0.1) is 0 Å². The maximum Gasteiger partial charge on any atom is 0.334 e. The van der Waals surface area contributed by atoms with Gasteiger partial charge in [-0.05, 0) is 27.6 Å². The molecule has 0 radical (unpaired) electrons. The first-order valence-corrected chi connectivity index (χ1v) is 5.79. The molecule has 7 heteroatoms. The topological polar surface area (TPSA) is 57.7 Å². The van der Waals surface area contributed by atoms with Crippen LogP contribution in [0.15, 0.2) is 22.7 Å². The molecule has 94 valence electrons. The molecular weight excluding hydrogens is 307 g/mol. The van der Waals surface area contributed by atoms with E-state index in [1.54, 1.807) is 6.07 Å². The van der Waals surface area contributed by atoms with Gasteiger partial charge in [-0.2, -0.15) is 0 Å². The summed E-state index contributed by atoms with van der Waals surface area (Å²) >= 11 is 3.03. The highest BCUT2D eigenvalue weighted by Crippen LogP contribution is 2.23. The molecule has 0 spiro atoms. The molecule has 1 fully saturated rings. The molecule has 18 heavy (non-hydrogen) atoms. The first-order valence-electron chi connectivity index (χ1n) is 5.00. The van der Waals surface area contributed by atoms with E-state index < -0.39 is 23.7 Å². The Labute approximate surface area is 110 Å². The number of imide groups is 2. The fourth-order valence-electron chi connectivity index (χ4n) is 1.59. The van der Waals surface area contributed by atoms with E-state index in [9.17, 15) is 18.8 Å². The maximum absolute atomic E-state index is 13.3. The van der Waals surface area contributed by atoms with Gasteiger partial charge in [-0.1, -0.05) is 12.1 Å². The van der Waals surface area contributed by atoms with Crippen LogP contribution in [-0.4, -0.2) is 34.7 Å². The van der Waals surface area contributed by atoms with Crippen molar-refractivity contribution in [3.05, 3.63) is 34.1 Å². The standard InChI is InChI=1S/C11H8BrFN2O3/c1-14-9(16)10(17)15(11(14)18)5-6-3-2-4-7(13)8(6)12/h2-4H,5H2,1H3. The predicted octanol–water partition coefficient (Wildman–Crippen LogP) is 1.51. The lowest BCUT2D eigenvalue weighted by Gasteiger charge is -2.14. The second kappa shape index (κ2) is 4.49. The first kappa shape index (κ1) is 12.7. The van der Waals surface area contributed by atoms with Gasteiger partial charge in [0, 0.05) is 7.05 Å². The van der Waals surface area contributed by atoms with Gasteiger partial charge in [0.25, 0.3) is 0 Å². The van der Waals surface area contributed by atoms with Crippen LogP contribution in [-0.2, 0) is 16.1 Å². The van der Waals surface area contributed by atoms with Crippen molar-refractivity contribution in [2.75, 3.05) is 7.05 Å². The number of benzene rings is 1. The maximum atomic E-state index is 13.3. The smallest absolute Gasteiger partial charge is 0.263 e. The van der Waals surface area contributed by atoms with Gasteiger partial charge in [-0.25, -0.2) is 9.18 Å². The van der Waals surface area contributed by atoms with Gasteiger partial charge in [0.1, 0.15) is 5.82 Å². The van der Waals surface area contributed by atoms with Gasteiger partial charge >= 0.3 is 17.8 Å². The van der Waals surface area contributed by atoms with Crippen LogP contribution in [0.2, 0.25) is 0 Å². The van der Waals surface area contributed by atoms with Gasteiger partial charge in [0.15, 0.2) is 0 Å². The van der Waals surface area contributed by atoms with Crippen LogP contribution in [0.25, 0.3) is 0 Å². The lowest BCUT2D eigenvalue weighted by Crippen LogP contribution is -2.31. The van der Waals surface area contributed by atoms with Gasteiger partial charge < -0.3 is 0 Å². The minimum absolute atomic E-state index is 0.147. The van der Waals surface area contributed by atoms with E-state index in [0.29, 0.717) is 5.56 Å². The molecule has 1 aliphatic rings. The van der Waals surface area contributed by atoms with Gasteiger partial charge in [0.05, 0.1) is 11.0 Å². The van der Waals surface area contributed by atoms with E-state index in [1.807, 2.05) is 0 Å². The summed E-state index contributed by atoms with van der Waals surface area (Å²) in [5.41, 5.74) is 0.416. The first-order chi connectivity index (χ1) is 8.43. The zero-order chi connectivity index (χ0) is 13.4. The predicted molar refractivity (Wildman–Crippen MR) is 62.8 cm³/mol. The largest absolute Gasteiger partial charge is 0.334 e. The number of likely N-dealkylation sites (N-methyl/N-ethyl adjacent to an activating group) is 1. The van der Waals surface area contributed by atoms with Crippen molar-refractivity contribution in [1.82, 2.24) is 9.80 Å². The fraction of sp³-hybridized carbons (Fsp3) is 0.182. The number of nitrogens with zero attached hydrogens (tertiary/aromatic N) is 2. The van der Waals surface area contributed by atoms with E-state index in [0.717, 1.165) is 9.80 Å². The minimum Gasteiger partial charge on any atom is -0.263 e. The quantitative estimate of drug-likeness (QED) is 0.614. The molecule has 0 aromatic heterocycles. The molecule has 4 amide bonds. The normalized spacial score (nSPS) is 15.8. The molecule has 1 aromatic carbocycles. The van der Waals surface area contributed by atoms with E-state index >= 15 is 0 Å². The third kappa shape index (κ3) is 1.90. The number of hydrogen-bond acceptors (Lipinski definition) is 3. The molecule has 0 saturated carbocycles. The van der Waals surface area contributed by atoms with Crippen LogP contribution in [0.4, 0.5) is 9.18 Å². The Hall–Kier alpha value is -1.76. The van der Waals surface area contributed by atoms with Crippen LogP contribution < -0.4 is 0 Å². The second-order valence-electron chi connectivity index (χ2n) is 3.75. The van der Waals surface area contributed by atoms with E-state index in [-0.39, 0.29) is 11.0 Å². The number of hydrogen-bond donors (Lipinski definition) is 0. The molecule has 5 nitrogen and oxygen atoms in total. The van der Waals surface area contributed by atoms with Crippen LogP contribution in [0.5, 0.6) is 0 Å². The van der Waals surface area contributed by atoms with Crippen molar-refractivity contribution in [3.63, 3.8) is 0 Å². The molecule has 2 rings (SSSR count). The van der Waals surface area contributed by atoms with Crippen molar-refractivity contribution >= 4 is 33.8 Å². The minimum atomic E-state index is -0.904. The Kier molecular flexibility index (Phi) is 3.16. The number of carbonyl (C=O) groups is 3. The average Bonchev–Trinajstić information content (AvgIpc) is 2.52. The summed E-state index contributed by atoms with van der Waals surface area (Å²) in [5.74, 6) is -2.28. The summed E-state index contributed by atoms with van der Waals surface area (Å²) in [6, 6.07) is 3.57. The zero-order valence-electron chi connectivity index (χ0n) is 9.31. The molecule has 0 atom stereocenters. The highest BCUT2D eigenvalue weighted by Gasteiger charge is 2.42. The Morgan fingerprint density at radius 1 is 1.22 bits per heavy atom. The Bertz CT molecular complexity index is 561. The SMILES string of the molecule is CN1C(=O)C(=O)N(Cc2cccc(F)c2Br)C1=O. The van der Waals surface area contributed by atoms with Crippen molar-refractivity contribution in [3.8, 4) is 0 Å². The second-order valence-corrected chi connectivity index (χ2v) is 4.54. The summed E-state index contributed by atoms with van der Waals surface area (Å²) in [6.07, 6.45) is 0. The molecule has 0 unspecified atom stereocenters. The summed E-state index contributed by atoms with van der Waals surface area (Å²) < 4.78 is 13.5. The van der Waals surface area contributed by atoms with Crippen molar-refractivity contribution < 1.29 is 18.8 Å². The van der Waals surface area contributed by atoms with E-state index in [1.165, 1.54) is 19.2 Å². The highest BCUT2D eigenvalue weighted by molar-refractivity contribution is 9.10. The number of rotatable bonds is 2. The summed E-state index contributed by atoms with van der Waals surface area (Å²) in [7, 11) is 1.23. The molecule has 0 bridgehead atoms. The number of urea groups is 1. The summed E-state index contributed by atoms with van der Waals surface area (Å²) in [4.78, 5) is 36.0. The van der Waals surface area contributed by atoms with Crippen molar-refractivity contribution in [2.45, 2.75) is 6.54 Å². The molecule has 1 aromatic rings. The molecule has 1 aliphatic heterocycles. The highest BCUT2D eigenvalue weighted by atomic mass is 79.9. The summed E-state index contributed by atoms with van der Waals surface area (Å²) in [6.45, 7) is -0.147.